The second-order valence-corrected chi connectivity index (χ2v) is 3.78. The number of hydrogen-bond donors (Lipinski definition) is 1. The van der Waals surface area contributed by atoms with Crippen LogP contribution in [0.25, 0.3) is 0 Å². The van der Waals surface area contributed by atoms with Crippen LogP contribution in [0, 0.1) is 0 Å². The minimum Gasteiger partial charge on any atom is -0.477 e. The summed E-state index contributed by atoms with van der Waals surface area (Å²) in [6.45, 7) is 1.77. The number of fused-ring (bicyclic) bond motifs is 3. The van der Waals surface area contributed by atoms with Crippen molar-refractivity contribution >= 4 is 0 Å². The summed E-state index contributed by atoms with van der Waals surface area (Å²) in [6, 6.07) is 0.287. The van der Waals surface area contributed by atoms with Crippen molar-refractivity contribution in [2.24, 2.45) is 5.73 Å². The lowest BCUT2D eigenvalue weighted by Gasteiger charge is -2.20. The molecule has 0 bridgehead atoms. The number of hydrogen-bond acceptors (Lipinski definition) is 3. The van der Waals surface area contributed by atoms with Gasteiger partial charge >= 0.3 is 0 Å². The molecule has 4 nitrogen and oxygen atoms in total. The van der Waals surface area contributed by atoms with Crippen LogP contribution in [0.4, 0.5) is 0 Å². The van der Waals surface area contributed by atoms with E-state index in [1.165, 1.54) is 0 Å². The molecule has 70 valence electrons. The predicted molar refractivity (Wildman–Crippen MR) is 47.7 cm³/mol. The second kappa shape index (κ2) is 2.48. The van der Waals surface area contributed by atoms with Crippen molar-refractivity contribution < 1.29 is 4.74 Å². The van der Waals surface area contributed by atoms with Gasteiger partial charge in [-0.25, -0.2) is 4.98 Å². The molecule has 3 rings (SSSR count). The highest BCUT2D eigenvalue weighted by atomic mass is 16.5. The summed E-state index contributed by atoms with van der Waals surface area (Å²) in [6.07, 6.45) is 2.90. The Morgan fingerprint density at radius 2 is 2.46 bits per heavy atom. The molecule has 0 fully saturated rings. The zero-order valence-electron chi connectivity index (χ0n) is 7.49. The van der Waals surface area contributed by atoms with Crippen LogP contribution in [0.5, 0.6) is 5.88 Å². The Balaban J connectivity index is 2.06. The van der Waals surface area contributed by atoms with E-state index in [4.69, 9.17) is 10.5 Å². The molecule has 0 spiro atoms. The average Bonchev–Trinajstić information content (AvgIpc) is 2.62. The van der Waals surface area contributed by atoms with Crippen LogP contribution >= 0.6 is 0 Å². The van der Waals surface area contributed by atoms with Crippen molar-refractivity contribution in [2.45, 2.75) is 31.8 Å². The first-order valence-corrected chi connectivity index (χ1v) is 4.81. The van der Waals surface area contributed by atoms with Gasteiger partial charge in [-0.2, -0.15) is 0 Å². The lowest BCUT2D eigenvalue weighted by atomic mass is 10.1. The Bertz CT molecular complexity index is 345. The monoisotopic (exact) mass is 179 g/mol. The molecule has 0 aromatic carbocycles. The molecule has 1 aromatic heterocycles. The van der Waals surface area contributed by atoms with Crippen LogP contribution in [0.3, 0.4) is 0 Å². The van der Waals surface area contributed by atoms with E-state index in [1.807, 2.05) is 0 Å². The van der Waals surface area contributed by atoms with Crippen LogP contribution in [0.15, 0.2) is 0 Å². The molecule has 3 heterocycles. The van der Waals surface area contributed by atoms with Crippen molar-refractivity contribution in [1.82, 2.24) is 9.55 Å². The molecule has 4 heteroatoms. The Morgan fingerprint density at radius 1 is 1.54 bits per heavy atom. The fraction of sp³-hybridized carbons (Fsp3) is 0.667. The molecule has 0 amide bonds. The first kappa shape index (κ1) is 7.38. The van der Waals surface area contributed by atoms with Crippen molar-refractivity contribution in [3.63, 3.8) is 0 Å². The molecular weight excluding hydrogens is 166 g/mol. The summed E-state index contributed by atoms with van der Waals surface area (Å²) in [5.41, 5.74) is 7.00. The zero-order valence-corrected chi connectivity index (χ0v) is 7.49. The lowest BCUT2D eigenvalue weighted by molar-refractivity contribution is 0.311. The summed E-state index contributed by atoms with van der Waals surface area (Å²) >= 11 is 0. The van der Waals surface area contributed by atoms with Crippen molar-refractivity contribution in [1.29, 1.82) is 0 Å². The van der Waals surface area contributed by atoms with E-state index in [9.17, 15) is 0 Å². The van der Waals surface area contributed by atoms with Gasteiger partial charge < -0.3 is 10.5 Å². The highest BCUT2D eigenvalue weighted by molar-refractivity contribution is 5.28. The molecule has 2 aliphatic heterocycles. The number of imidazole rings is 1. The molecule has 0 saturated carbocycles. The summed E-state index contributed by atoms with van der Waals surface area (Å²) in [4.78, 5) is 4.54. The topological polar surface area (TPSA) is 53.1 Å². The molecule has 1 unspecified atom stereocenters. The van der Waals surface area contributed by atoms with Crippen LogP contribution in [0.2, 0.25) is 0 Å². The Labute approximate surface area is 76.7 Å². The maximum absolute atomic E-state index is 5.87. The third-order valence-corrected chi connectivity index (χ3v) is 2.81. The van der Waals surface area contributed by atoms with Crippen LogP contribution in [-0.4, -0.2) is 22.2 Å². The van der Waals surface area contributed by atoms with Crippen LogP contribution in [0.1, 0.15) is 17.9 Å². The third kappa shape index (κ3) is 0.983. The van der Waals surface area contributed by atoms with Gasteiger partial charge in [-0.1, -0.05) is 0 Å². The number of ether oxygens (including phenoxy) is 1. The van der Waals surface area contributed by atoms with Gasteiger partial charge in [0, 0.05) is 25.4 Å². The van der Waals surface area contributed by atoms with E-state index < -0.39 is 0 Å². The molecular formula is C9H13N3O. The molecule has 1 atom stereocenters. The van der Waals surface area contributed by atoms with E-state index in [0.29, 0.717) is 0 Å². The van der Waals surface area contributed by atoms with Gasteiger partial charge in [0.05, 0.1) is 6.61 Å². The molecule has 2 aliphatic rings. The van der Waals surface area contributed by atoms with Gasteiger partial charge in [0.15, 0.2) is 0 Å². The largest absolute Gasteiger partial charge is 0.477 e. The van der Waals surface area contributed by atoms with Gasteiger partial charge in [0.1, 0.15) is 11.5 Å². The van der Waals surface area contributed by atoms with E-state index in [-0.39, 0.29) is 6.04 Å². The van der Waals surface area contributed by atoms with Crippen LogP contribution in [-0.2, 0) is 19.4 Å². The maximum Gasteiger partial charge on any atom is 0.217 e. The van der Waals surface area contributed by atoms with Gasteiger partial charge in [0.2, 0.25) is 5.88 Å². The minimum atomic E-state index is 0.287. The minimum absolute atomic E-state index is 0.287. The van der Waals surface area contributed by atoms with Gasteiger partial charge in [-0.3, -0.25) is 4.57 Å². The highest BCUT2D eigenvalue weighted by Gasteiger charge is 2.26. The van der Waals surface area contributed by atoms with Crippen molar-refractivity contribution in [3.8, 4) is 5.88 Å². The quantitative estimate of drug-likeness (QED) is 0.614. The molecule has 0 radical (unpaired) electrons. The Morgan fingerprint density at radius 3 is 3.38 bits per heavy atom. The van der Waals surface area contributed by atoms with Crippen molar-refractivity contribution in [3.05, 3.63) is 11.5 Å². The predicted octanol–water partition coefficient (Wildman–Crippen LogP) is 0.0915. The number of aromatic nitrogens is 2. The molecule has 0 saturated heterocycles. The second-order valence-electron chi connectivity index (χ2n) is 3.78. The van der Waals surface area contributed by atoms with E-state index in [2.05, 4.69) is 9.55 Å². The average molecular weight is 179 g/mol. The van der Waals surface area contributed by atoms with E-state index in [1.54, 1.807) is 0 Å². The fourth-order valence-corrected chi connectivity index (χ4v) is 2.12. The van der Waals surface area contributed by atoms with Gasteiger partial charge in [-0.05, 0) is 6.42 Å². The highest BCUT2D eigenvalue weighted by Crippen LogP contribution is 2.29. The van der Waals surface area contributed by atoms with Crippen LogP contribution < -0.4 is 10.5 Å². The SMILES string of the molecule is NC1CCn2c(nc3c2OCC3)C1. The fourth-order valence-electron chi connectivity index (χ4n) is 2.12. The standard InChI is InChI=1S/C9H13N3O/c10-6-1-3-12-8(5-6)11-7-2-4-13-9(7)12/h6H,1-5,10H2. The first-order valence-electron chi connectivity index (χ1n) is 4.81. The van der Waals surface area contributed by atoms with E-state index in [0.717, 1.165) is 49.8 Å². The lowest BCUT2D eigenvalue weighted by Crippen LogP contribution is -2.31. The summed E-state index contributed by atoms with van der Waals surface area (Å²) in [5.74, 6) is 2.12. The smallest absolute Gasteiger partial charge is 0.217 e. The van der Waals surface area contributed by atoms with E-state index >= 15 is 0 Å². The number of nitrogens with zero attached hydrogens (tertiary/aromatic N) is 2. The summed E-state index contributed by atoms with van der Waals surface area (Å²) in [7, 11) is 0. The molecule has 0 aliphatic carbocycles. The molecule has 2 N–H and O–H groups in total. The number of rotatable bonds is 0. The van der Waals surface area contributed by atoms with Gasteiger partial charge in [0.25, 0.3) is 0 Å². The Hall–Kier alpha value is -1.03. The maximum atomic E-state index is 5.87. The molecule has 13 heavy (non-hydrogen) atoms. The van der Waals surface area contributed by atoms with Crippen molar-refractivity contribution in [2.75, 3.05) is 6.61 Å². The molecule has 1 aromatic rings. The normalized spacial score (nSPS) is 25.2. The summed E-state index contributed by atoms with van der Waals surface area (Å²) < 4.78 is 7.72. The first-order chi connectivity index (χ1) is 6.34. The van der Waals surface area contributed by atoms with Gasteiger partial charge in [-0.15, -0.1) is 0 Å². The Kier molecular flexibility index (Phi) is 1.41. The zero-order chi connectivity index (χ0) is 8.84. The third-order valence-electron chi connectivity index (χ3n) is 2.81. The number of nitrogens with two attached hydrogens (primary N) is 1. The summed E-state index contributed by atoms with van der Waals surface area (Å²) in [5, 5.41) is 0.